The van der Waals surface area contributed by atoms with Crippen LogP contribution < -0.4 is 5.73 Å². The van der Waals surface area contributed by atoms with Gasteiger partial charge in [-0.2, -0.15) is 9.65 Å². The van der Waals surface area contributed by atoms with Crippen LogP contribution >= 0.6 is 11.3 Å². The molecular formula is C10H7FN2S. The van der Waals surface area contributed by atoms with E-state index < -0.39 is 0 Å². The molecule has 0 aliphatic heterocycles. The lowest BCUT2D eigenvalue weighted by Crippen LogP contribution is -1.85. The Balaban J connectivity index is 2.76. The van der Waals surface area contributed by atoms with Crippen molar-refractivity contribution < 1.29 is 4.39 Å². The number of halogens is 1. The van der Waals surface area contributed by atoms with Crippen molar-refractivity contribution in [2.24, 2.45) is 0 Å². The highest BCUT2D eigenvalue weighted by atomic mass is 32.1. The second-order valence-electron chi connectivity index (χ2n) is 2.92. The van der Waals surface area contributed by atoms with Gasteiger partial charge in [0.2, 0.25) is 5.13 Å². The summed E-state index contributed by atoms with van der Waals surface area (Å²) in [5.74, 6) is 0. The third kappa shape index (κ3) is 1.22. The maximum Gasteiger partial charge on any atom is 0.200 e. The number of nitriles is 1. The first-order chi connectivity index (χ1) is 6.74. The minimum Gasteiger partial charge on any atom is -0.395 e. The van der Waals surface area contributed by atoms with Gasteiger partial charge in [0.25, 0.3) is 0 Å². The minimum absolute atomic E-state index is 0.185. The van der Waals surface area contributed by atoms with Gasteiger partial charge in [0, 0.05) is 10.1 Å². The van der Waals surface area contributed by atoms with Crippen molar-refractivity contribution in [3.8, 4) is 6.07 Å². The number of nitrogen functional groups attached to an aromatic ring is 1. The van der Waals surface area contributed by atoms with Gasteiger partial charge in [-0.25, -0.2) is 0 Å². The third-order valence-corrected chi connectivity index (χ3v) is 3.15. The number of nitrogens with two attached hydrogens (primary N) is 1. The molecule has 0 saturated heterocycles. The Morgan fingerprint density at radius 3 is 3.00 bits per heavy atom. The highest BCUT2D eigenvalue weighted by Gasteiger charge is 2.11. The number of thiophene rings is 1. The number of rotatable bonds is 1. The van der Waals surface area contributed by atoms with Crippen LogP contribution in [0.1, 0.15) is 5.56 Å². The zero-order valence-corrected chi connectivity index (χ0v) is 8.07. The van der Waals surface area contributed by atoms with Gasteiger partial charge in [-0.05, 0) is 5.56 Å². The largest absolute Gasteiger partial charge is 0.395 e. The Morgan fingerprint density at radius 1 is 1.50 bits per heavy atom. The van der Waals surface area contributed by atoms with Crippen molar-refractivity contribution in [2.75, 3.05) is 5.73 Å². The molecule has 1 aromatic heterocycles. The van der Waals surface area contributed by atoms with E-state index in [-0.39, 0.29) is 17.2 Å². The predicted octanol–water partition coefficient (Wildman–Crippen LogP) is 2.69. The Morgan fingerprint density at radius 2 is 2.29 bits per heavy atom. The molecule has 70 valence electrons. The van der Waals surface area contributed by atoms with Gasteiger partial charge in [-0.3, -0.25) is 0 Å². The Bertz CT molecular complexity index is 525. The summed E-state index contributed by atoms with van der Waals surface area (Å²) in [5.41, 5.74) is 6.58. The molecule has 0 bridgehead atoms. The van der Waals surface area contributed by atoms with Gasteiger partial charge >= 0.3 is 0 Å². The molecule has 2 nitrogen and oxygen atoms in total. The second-order valence-corrected chi connectivity index (χ2v) is 3.89. The molecule has 1 heterocycles. The van der Waals surface area contributed by atoms with Crippen molar-refractivity contribution in [1.82, 2.24) is 0 Å². The van der Waals surface area contributed by atoms with Crippen molar-refractivity contribution in [3.05, 3.63) is 28.9 Å². The second kappa shape index (κ2) is 3.28. The maximum absolute atomic E-state index is 13.2. The summed E-state index contributed by atoms with van der Waals surface area (Å²) < 4.78 is 13.9. The predicted molar refractivity (Wildman–Crippen MR) is 55.5 cm³/mol. The molecule has 2 aromatic rings. The Kier molecular flexibility index (Phi) is 2.10. The van der Waals surface area contributed by atoms with E-state index in [1.165, 1.54) is 0 Å². The zero-order chi connectivity index (χ0) is 10.1. The normalized spacial score (nSPS) is 10.3. The summed E-state index contributed by atoms with van der Waals surface area (Å²) in [5, 5.41) is 8.92. The quantitative estimate of drug-likeness (QED) is 0.779. The zero-order valence-electron chi connectivity index (χ0n) is 7.25. The molecule has 0 saturated carbocycles. The van der Waals surface area contributed by atoms with E-state index in [2.05, 4.69) is 0 Å². The lowest BCUT2D eigenvalue weighted by Gasteiger charge is -1.96. The average molecular weight is 206 g/mol. The molecule has 0 amide bonds. The van der Waals surface area contributed by atoms with E-state index in [4.69, 9.17) is 11.0 Å². The van der Waals surface area contributed by atoms with E-state index in [1.807, 2.05) is 12.1 Å². The molecule has 0 aliphatic carbocycles. The summed E-state index contributed by atoms with van der Waals surface area (Å²) in [6.45, 7) is 0. The van der Waals surface area contributed by atoms with Crippen molar-refractivity contribution in [1.29, 1.82) is 5.26 Å². The molecule has 0 atom stereocenters. The van der Waals surface area contributed by atoms with Crippen molar-refractivity contribution in [2.45, 2.75) is 6.42 Å². The third-order valence-electron chi connectivity index (χ3n) is 2.06. The van der Waals surface area contributed by atoms with Crippen LogP contribution in [0.2, 0.25) is 0 Å². The van der Waals surface area contributed by atoms with Gasteiger partial charge in [-0.15, -0.1) is 11.3 Å². The molecular weight excluding hydrogens is 199 g/mol. The first-order valence-electron chi connectivity index (χ1n) is 4.06. The number of nitrogens with zero attached hydrogens (tertiary/aromatic N) is 1. The van der Waals surface area contributed by atoms with Gasteiger partial charge in [-0.1, -0.05) is 18.2 Å². The van der Waals surface area contributed by atoms with E-state index in [1.54, 1.807) is 12.1 Å². The van der Waals surface area contributed by atoms with Gasteiger partial charge in [0.05, 0.1) is 18.2 Å². The van der Waals surface area contributed by atoms with Crippen LogP contribution in [0.15, 0.2) is 18.2 Å². The lowest BCUT2D eigenvalue weighted by molar-refractivity contribution is 0.662. The Labute approximate surface area is 84.4 Å². The molecule has 1 aromatic carbocycles. The van der Waals surface area contributed by atoms with Crippen LogP contribution in [0.3, 0.4) is 0 Å². The van der Waals surface area contributed by atoms with Crippen molar-refractivity contribution >= 4 is 27.1 Å². The van der Waals surface area contributed by atoms with Crippen LogP contribution in [0, 0.1) is 16.5 Å². The molecule has 0 radical (unpaired) electrons. The number of anilines is 1. The van der Waals surface area contributed by atoms with E-state index >= 15 is 0 Å². The minimum atomic E-state index is -0.370. The van der Waals surface area contributed by atoms with Gasteiger partial charge < -0.3 is 5.73 Å². The molecule has 2 rings (SSSR count). The standard InChI is InChI=1S/C10H7FN2S/c11-10-8(13)7-3-1-2-6(4-5-12)9(7)14-10/h1-3H,4,13H2. The maximum atomic E-state index is 13.2. The lowest BCUT2D eigenvalue weighted by atomic mass is 10.1. The molecule has 0 unspecified atom stereocenters. The SMILES string of the molecule is N#CCc1cccc2c(N)c(F)sc12. The summed E-state index contributed by atoms with van der Waals surface area (Å²) in [4.78, 5) is 0. The highest BCUT2D eigenvalue weighted by molar-refractivity contribution is 7.18. The molecule has 4 heteroatoms. The first-order valence-corrected chi connectivity index (χ1v) is 4.88. The summed E-state index contributed by atoms with van der Waals surface area (Å²) in [6.07, 6.45) is 0.288. The number of fused-ring (bicyclic) bond motifs is 1. The fourth-order valence-corrected chi connectivity index (χ4v) is 2.35. The molecule has 0 aliphatic rings. The van der Waals surface area contributed by atoms with E-state index in [0.29, 0.717) is 5.39 Å². The highest BCUT2D eigenvalue weighted by Crippen LogP contribution is 2.34. The van der Waals surface area contributed by atoms with E-state index in [9.17, 15) is 4.39 Å². The van der Waals surface area contributed by atoms with E-state index in [0.717, 1.165) is 21.6 Å². The fraction of sp³-hybridized carbons (Fsp3) is 0.100. The van der Waals surface area contributed by atoms with Gasteiger partial charge in [0.1, 0.15) is 0 Å². The fourth-order valence-electron chi connectivity index (χ4n) is 1.39. The summed E-state index contributed by atoms with van der Waals surface area (Å²) >= 11 is 1.00. The van der Waals surface area contributed by atoms with Crippen LogP contribution in [0.25, 0.3) is 10.1 Å². The first kappa shape index (κ1) is 8.97. The van der Waals surface area contributed by atoms with Crippen LogP contribution in [-0.4, -0.2) is 0 Å². The van der Waals surface area contributed by atoms with Gasteiger partial charge in [0.15, 0.2) is 0 Å². The van der Waals surface area contributed by atoms with Crippen LogP contribution in [0.4, 0.5) is 10.1 Å². The van der Waals surface area contributed by atoms with Crippen LogP contribution in [-0.2, 0) is 6.42 Å². The number of benzene rings is 1. The van der Waals surface area contributed by atoms with Crippen LogP contribution in [0.5, 0.6) is 0 Å². The van der Waals surface area contributed by atoms with Crippen molar-refractivity contribution in [3.63, 3.8) is 0 Å². The number of hydrogen-bond acceptors (Lipinski definition) is 3. The molecule has 0 fully saturated rings. The molecule has 2 N–H and O–H groups in total. The molecule has 0 spiro atoms. The summed E-state index contributed by atoms with van der Waals surface area (Å²) in [7, 11) is 0. The Hall–Kier alpha value is -1.60. The topological polar surface area (TPSA) is 49.8 Å². The monoisotopic (exact) mass is 206 g/mol. The molecule has 14 heavy (non-hydrogen) atoms. The summed E-state index contributed by atoms with van der Waals surface area (Å²) in [6, 6.07) is 7.43. The number of hydrogen-bond donors (Lipinski definition) is 1. The average Bonchev–Trinajstić information content (AvgIpc) is 2.46. The smallest absolute Gasteiger partial charge is 0.200 e.